The van der Waals surface area contributed by atoms with Gasteiger partial charge in [-0.25, -0.2) is 18.0 Å². The Morgan fingerprint density at radius 1 is 1.43 bits per heavy atom. The zero-order chi connectivity index (χ0) is 10.9. The predicted octanol–water partition coefficient (Wildman–Crippen LogP) is 3.11. The minimum atomic E-state index is -3.05. The lowest BCUT2D eigenvalue weighted by molar-refractivity contribution is 0.0684. The molecule has 6 heteroatoms. The molecular weight excluding hydrogens is 221 g/mol. The highest BCUT2D eigenvalue weighted by atomic mass is 35.5. The number of aromatic carboxylic acids is 1. The second kappa shape index (κ2) is 3.88. The van der Waals surface area contributed by atoms with Crippen LogP contribution in [0.3, 0.4) is 0 Å². The van der Waals surface area contributed by atoms with Crippen molar-refractivity contribution in [2.75, 3.05) is 0 Å². The molecule has 0 radical (unpaired) electrons. The van der Waals surface area contributed by atoms with Gasteiger partial charge in [-0.05, 0) is 12.1 Å². The van der Waals surface area contributed by atoms with Crippen molar-refractivity contribution in [2.45, 2.75) is 6.43 Å². The molecule has 0 aliphatic heterocycles. The average Bonchev–Trinajstić information content (AvgIpc) is 2.01. The molecule has 0 fully saturated rings. The van der Waals surface area contributed by atoms with Gasteiger partial charge in [0.25, 0.3) is 6.43 Å². The average molecular weight is 225 g/mol. The molecule has 1 aromatic rings. The molecule has 0 unspecified atom stereocenters. The fourth-order valence-corrected chi connectivity index (χ4v) is 1.27. The van der Waals surface area contributed by atoms with Crippen molar-refractivity contribution in [3.8, 4) is 0 Å². The zero-order valence-corrected chi connectivity index (χ0v) is 7.36. The van der Waals surface area contributed by atoms with Gasteiger partial charge in [-0.15, -0.1) is 0 Å². The van der Waals surface area contributed by atoms with Crippen LogP contribution in [-0.4, -0.2) is 11.1 Å². The van der Waals surface area contributed by atoms with E-state index < -0.39 is 34.4 Å². The quantitative estimate of drug-likeness (QED) is 0.838. The van der Waals surface area contributed by atoms with Gasteiger partial charge < -0.3 is 5.11 Å². The number of alkyl halides is 2. The van der Waals surface area contributed by atoms with Gasteiger partial charge in [-0.3, -0.25) is 0 Å². The third-order valence-electron chi connectivity index (χ3n) is 1.54. The van der Waals surface area contributed by atoms with Gasteiger partial charge in [0, 0.05) is 0 Å². The molecule has 1 aromatic carbocycles. The summed E-state index contributed by atoms with van der Waals surface area (Å²) in [5.41, 5.74) is -1.68. The van der Waals surface area contributed by atoms with Crippen molar-refractivity contribution in [2.24, 2.45) is 0 Å². The van der Waals surface area contributed by atoms with Crippen molar-refractivity contribution in [1.82, 2.24) is 0 Å². The van der Waals surface area contributed by atoms with Crippen molar-refractivity contribution < 1.29 is 23.1 Å². The first-order chi connectivity index (χ1) is 6.43. The van der Waals surface area contributed by atoms with Crippen LogP contribution in [0.2, 0.25) is 5.02 Å². The molecule has 0 heterocycles. The molecule has 0 bridgehead atoms. The highest BCUT2D eigenvalue weighted by Gasteiger charge is 2.22. The largest absolute Gasteiger partial charge is 0.478 e. The summed E-state index contributed by atoms with van der Waals surface area (Å²) in [6, 6.07) is 1.16. The maximum Gasteiger partial charge on any atom is 0.336 e. The van der Waals surface area contributed by atoms with Crippen LogP contribution in [0.25, 0.3) is 0 Å². The van der Waals surface area contributed by atoms with Crippen molar-refractivity contribution >= 4 is 17.6 Å². The Morgan fingerprint density at radius 3 is 2.43 bits per heavy atom. The highest BCUT2D eigenvalue weighted by molar-refractivity contribution is 6.31. The van der Waals surface area contributed by atoms with Crippen molar-refractivity contribution in [3.63, 3.8) is 0 Å². The SMILES string of the molecule is O=C(O)c1cc(F)cc(Cl)c1C(F)F. The maximum atomic E-state index is 12.6. The van der Waals surface area contributed by atoms with Crippen LogP contribution in [0.15, 0.2) is 12.1 Å². The summed E-state index contributed by atoms with van der Waals surface area (Å²) >= 11 is 5.29. The number of carboxylic acids is 1. The number of rotatable bonds is 2. The summed E-state index contributed by atoms with van der Waals surface area (Å²) in [7, 11) is 0. The molecule has 0 aromatic heterocycles. The van der Waals surface area contributed by atoms with E-state index in [0.717, 1.165) is 0 Å². The van der Waals surface area contributed by atoms with Crippen molar-refractivity contribution in [3.05, 3.63) is 34.1 Å². The monoisotopic (exact) mass is 224 g/mol. The van der Waals surface area contributed by atoms with Crippen LogP contribution >= 0.6 is 11.6 Å². The topological polar surface area (TPSA) is 37.3 Å². The Bertz CT molecular complexity index is 379. The Labute approximate surface area is 81.9 Å². The van der Waals surface area contributed by atoms with E-state index >= 15 is 0 Å². The third kappa shape index (κ3) is 1.98. The van der Waals surface area contributed by atoms with E-state index in [1.165, 1.54) is 0 Å². The molecule has 0 saturated heterocycles. The highest BCUT2D eigenvalue weighted by Crippen LogP contribution is 2.31. The Hall–Kier alpha value is -1.23. The van der Waals surface area contributed by atoms with Crippen molar-refractivity contribution in [1.29, 1.82) is 0 Å². The first-order valence-corrected chi connectivity index (χ1v) is 3.81. The van der Waals surface area contributed by atoms with E-state index in [-0.39, 0.29) is 0 Å². The molecule has 2 nitrogen and oxygen atoms in total. The molecular formula is C8H4ClF3O2. The van der Waals surface area contributed by atoms with E-state index in [0.29, 0.717) is 12.1 Å². The standard InChI is InChI=1S/C8H4ClF3O2/c9-5-2-3(10)1-4(8(13)14)6(5)7(11)12/h1-2,7H,(H,13,14). The van der Waals surface area contributed by atoms with Gasteiger partial charge in [0.1, 0.15) is 5.82 Å². The van der Waals surface area contributed by atoms with Crippen LogP contribution in [-0.2, 0) is 0 Å². The van der Waals surface area contributed by atoms with Crippen LogP contribution < -0.4 is 0 Å². The van der Waals surface area contributed by atoms with Gasteiger partial charge in [0.2, 0.25) is 0 Å². The first-order valence-electron chi connectivity index (χ1n) is 3.44. The summed E-state index contributed by atoms with van der Waals surface area (Å²) in [6.45, 7) is 0. The Balaban J connectivity index is 3.44. The van der Waals surface area contributed by atoms with Gasteiger partial charge >= 0.3 is 5.97 Å². The summed E-state index contributed by atoms with van der Waals surface area (Å²) in [4.78, 5) is 10.5. The van der Waals surface area contributed by atoms with E-state index in [2.05, 4.69) is 0 Å². The summed E-state index contributed by atoms with van der Waals surface area (Å²) in [5.74, 6) is -2.60. The molecule has 1 rings (SSSR count). The van der Waals surface area contributed by atoms with Gasteiger partial charge in [-0.1, -0.05) is 11.6 Å². The van der Waals surface area contributed by atoms with Crippen LogP contribution in [0.5, 0.6) is 0 Å². The Morgan fingerprint density at radius 2 is 2.00 bits per heavy atom. The maximum absolute atomic E-state index is 12.6. The lowest BCUT2D eigenvalue weighted by Gasteiger charge is -2.07. The minimum absolute atomic E-state index is 0.510. The third-order valence-corrected chi connectivity index (χ3v) is 1.86. The Kier molecular flexibility index (Phi) is 3.00. The van der Waals surface area contributed by atoms with Gasteiger partial charge in [0.05, 0.1) is 16.1 Å². The number of carbonyl (C=O) groups is 1. The van der Waals surface area contributed by atoms with Gasteiger partial charge in [0.15, 0.2) is 0 Å². The lowest BCUT2D eigenvalue weighted by Crippen LogP contribution is -2.04. The second-order valence-electron chi connectivity index (χ2n) is 2.45. The predicted molar refractivity (Wildman–Crippen MR) is 43.3 cm³/mol. The number of hydrogen-bond donors (Lipinski definition) is 1. The number of carboxylic acid groups (broad SMARTS) is 1. The molecule has 0 aliphatic rings. The summed E-state index contributed by atoms with van der Waals surface area (Å²) in [6.07, 6.45) is -3.05. The smallest absolute Gasteiger partial charge is 0.336 e. The van der Waals surface area contributed by atoms with E-state index in [1.807, 2.05) is 0 Å². The van der Waals surface area contributed by atoms with E-state index in [9.17, 15) is 18.0 Å². The molecule has 0 saturated carbocycles. The van der Waals surface area contributed by atoms with Gasteiger partial charge in [-0.2, -0.15) is 0 Å². The molecule has 14 heavy (non-hydrogen) atoms. The summed E-state index contributed by atoms with van der Waals surface area (Å²) in [5, 5.41) is 7.92. The lowest BCUT2D eigenvalue weighted by atomic mass is 10.1. The number of halogens is 4. The number of hydrogen-bond acceptors (Lipinski definition) is 1. The molecule has 1 N–H and O–H groups in total. The molecule has 0 aliphatic carbocycles. The van der Waals surface area contributed by atoms with Crippen LogP contribution in [0, 0.1) is 5.82 Å². The summed E-state index contributed by atoms with van der Waals surface area (Å²) < 4.78 is 37.3. The normalized spacial score (nSPS) is 10.6. The molecule has 0 spiro atoms. The zero-order valence-electron chi connectivity index (χ0n) is 6.60. The van der Waals surface area contributed by atoms with Crippen LogP contribution in [0.4, 0.5) is 13.2 Å². The first kappa shape index (κ1) is 10.8. The minimum Gasteiger partial charge on any atom is -0.478 e. The second-order valence-corrected chi connectivity index (χ2v) is 2.86. The molecule has 0 amide bonds. The molecule has 0 atom stereocenters. The van der Waals surface area contributed by atoms with E-state index in [4.69, 9.17) is 16.7 Å². The fraction of sp³-hybridized carbons (Fsp3) is 0.125. The number of benzene rings is 1. The van der Waals surface area contributed by atoms with Crippen LogP contribution in [0.1, 0.15) is 22.3 Å². The van der Waals surface area contributed by atoms with E-state index in [1.54, 1.807) is 0 Å². The molecule has 76 valence electrons. The fourth-order valence-electron chi connectivity index (χ4n) is 0.983.